The van der Waals surface area contributed by atoms with Crippen LogP contribution in [0, 0.1) is 0 Å². The summed E-state index contributed by atoms with van der Waals surface area (Å²) in [6.07, 6.45) is 1.34. The molecule has 2 aromatic heterocycles. The van der Waals surface area contributed by atoms with Crippen LogP contribution in [0.15, 0.2) is 11.1 Å². The maximum atomic E-state index is 11.9. The molecule has 10 nitrogen and oxygen atoms in total. The zero-order valence-corrected chi connectivity index (χ0v) is 14.8. The molecule has 1 saturated heterocycles. The predicted molar refractivity (Wildman–Crippen MR) is 89.8 cm³/mol. The van der Waals surface area contributed by atoms with Gasteiger partial charge in [-0.05, 0) is 18.2 Å². The third-order valence-corrected chi connectivity index (χ3v) is 5.55. The van der Waals surface area contributed by atoms with Crippen LogP contribution < -0.4 is 11.3 Å². The third kappa shape index (κ3) is 3.23. The molecule has 0 aromatic carbocycles. The number of hydrogen-bond acceptors (Lipinski definition) is 8. The first kappa shape index (κ1) is 17.5. The van der Waals surface area contributed by atoms with Gasteiger partial charge in [0.15, 0.2) is 11.2 Å². The average molecular weight is 375 g/mol. The number of rotatable bonds is 5. The lowest BCUT2D eigenvalue weighted by Gasteiger charge is -2.21. The number of aromatic nitrogens is 4. The predicted octanol–water partition coefficient (Wildman–Crippen LogP) is 0.648. The van der Waals surface area contributed by atoms with E-state index in [1.807, 2.05) is 6.92 Å². The third-order valence-electron chi connectivity index (χ3n) is 3.84. The molecule has 0 bridgehead atoms. The van der Waals surface area contributed by atoms with Crippen molar-refractivity contribution in [2.75, 3.05) is 12.8 Å². The lowest BCUT2D eigenvalue weighted by Crippen LogP contribution is -2.22. The Morgan fingerprint density at radius 3 is 3.08 bits per heavy atom. The molecule has 24 heavy (non-hydrogen) atoms. The number of aromatic amines is 1. The second kappa shape index (κ2) is 6.51. The molecule has 1 aliphatic heterocycles. The summed E-state index contributed by atoms with van der Waals surface area (Å²) in [7, 11) is 1.30. The highest BCUT2D eigenvalue weighted by molar-refractivity contribution is 8.07. The minimum Gasteiger partial charge on any atom is -0.369 e. The van der Waals surface area contributed by atoms with Gasteiger partial charge in [0.2, 0.25) is 5.95 Å². The zero-order chi connectivity index (χ0) is 17.5. The van der Waals surface area contributed by atoms with Crippen molar-refractivity contribution in [3.05, 3.63) is 16.7 Å². The highest BCUT2D eigenvalue weighted by Gasteiger charge is 2.39. The van der Waals surface area contributed by atoms with Crippen LogP contribution in [0.4, 0.5) is 5.95 Å². The number of nitrogens with zero attached hydrogens (tertiary/aromatic N) is 3. The minimum absolute atomic E-state index is 0.00247. The number of imidazole rings is 1. The molecular formula is C12H18N5O5PS. The number of hydrogen-bond donors (Lipinski definition) is 3. The quantitative estimate of drug-likeness (QED) is 0.643. The number of anilines is 1. The summed E-state index contributed by atoms with van der Waals surface area (Å²) in [6.45, 7) is -1.37. The van der Waals surface area contributed by atoms with E-state index in [9.17, 15) is 9.69 Å². The molecular weight excluding hydrogens is 357 g/mol. The van der Waals surface area contributed by atoms with Gasteiger partial charge < -0.3 is 24.4 Å². The summed E-state index contributed by atoms with van der Waals surface area (Å²) in [5, 5.41) is 0. The fraction of sp³-hybridized carbons (Fsp3) is 0.583. The lowest BCUT2D eigenvalue weighted by molar-refractivity contribution is -0.0163. The second-order valence-corrected chi connectivity index (χ2v) is 8.24. The maximum Gasteiger partial charge on any atom is 0.324 e. The highest BCUT2D eigenvalue weighted by atomic mass is 32.5. The topological polar surface area (TPSA) is 138 Å². The highest BCUT2D eigenvalue weighted by Crippen LogP contribution is 2.48. The second-order valence-electron chi connectivity index (χ2n) is 5.34. The van der Waals surface area contributed by atoms with Gasteiger partial charge in [0.25, 0.3) is 5.56 Å². The normalized spacial score (nSPS) is 26.7. The molecule has 4 N–H and O–H groups in total. The molecule has 0 aliphatic carbocycles. The van der Waals surface area contributed by atoms with Gasteiger partial charge in [-0.25, -0.2) is 4.98 Å². The summed E-state index contributed by atoms with van der Waals surface area (Å²) >= 11 is 4.91. The molecule has 2 aromatic rings. The molecule has 132 valence electrons. The Kier molecular flexibility index (Phi) is 4.73. The largest absolute Gasteiger partial charge is 0.369 e. The van der Waals surface area contributed by atoms with Crippen LogP contribution in [0.25, 0.3) is 11.2 Å². The number of fused-ring (bicyclic) bond motifs is 1. The molecule has 3 rings (SSSR count). The first-order chi connectivity index (χ1) is 11.3. The fourth-order valence-corrected chi connectivity index (χ4v) is 3.69. The Labute approximate surface area is 142 Å². The smallest absolute Gasteiger partial charge is 0.324 e. The van der Waals surface area contributed by atoms with E-state index in [1.54, 1.807) is 4.57 Å². The van der Waals surface area contributed by atoms with E-state index in [0.717, 1.165) is 0 Å². The number of nitrogens with two attached hydrogens (primary N) is 1. The molecule has 0 amide bonds. The lowest BCUT2D eigenvalue weighted by atomic mass is 10.1. The van der Waals surface area contributed by atoms with Crippen molar-refractivity contribution in [3.8, 4) is 0 Å². The minimum atomic E-state index is -3.30. The van der Waals surface area contributed by atoms with E-state index < -0.39 is 24.6 Å². The molecule has 1 aliphatic rings. The molecule has 12 heteroatoms. The van der Waals surface area contributed by atoms with Crippen molar-refractivity contribution in [3.63, 3.8) is 0 Å². The molecule has 0 saturated carbocycles. The van der Waals surface area contributed by atoms with Gasteiger partial charge in [0.05, 0.1) is 18.5 Å². The molecule has 0 radical (unpaired) electrons. The van der Waals surface area contributed by atoms with Crippen molar-refractivity contribution in [1.29, 1.82) is 0 Å². The van der Waals surface area contributed by atoms with Gasteiger partial charge in [0.1, 0.15) is 6.23 Å². The van der Waals surface area contributed by atoms with Gasteiger partial charge in [-0.2, -0.15) is 4.98 Å². The number of nitrogen functional groups attached to an aromatic ring is 1. The van der Waals surface area contributed by atoms with E-state index in [1.165, 1.54) is 13.4 Å². The summed E-state index contributed by atoms with van der Waals surface area (Å²) in [4.78, 5) is 32.3. The van der Waals surface area contributed by atoms with E-state index in [0.29, 0.717) is 18.5 Å². The standard InChI is InChI=1S/C12H18N5O5PS/c1-3-6-7(22-23(19,24)20-2)4-8(21-6)17-5-14-9-10(17)15-12(13)16-11(9)18/h5-8H,3-4H2,1-2H3,(H,19,24)(H3,13,15,16,18)/t6-,7-,8+,23?/m1/s1. The van der Waals surface area contributed by atoms with Gasteiger partial charge in [-0.15, -0.1) is 0 Å². The fourth-order valence-electron chi connectivity index (χ4n) is 2.71. The van der Waals surface area contributed by atoms with Crippen molar-refractivity contribution in [2.24, 2.45) is 0 Å². The number of nitrogens with one attached hydrogen (secondary N) is 1. The monoisotopic (exact) mass is 375 g/mol. The van der Waals surface area contributed by atoms with Crippen LogP contribution in [-0.2, 0) is 25.6 Å². The van der Waals surface area contributed by atoms with Gasteiger partial charge in [-0.3, -0.25) is 14.3 Å². The first-order valence-corrected chi connectivity index (χ1v) is 9.88. The Morgan fingerprint density at radius 1 is 1.67 bits per heavy atom. The van der Waals surface area contributed by atoms with E-state index >= 15 is 0 Å². The Bertz CT molecular complexity index is 854. The summed E-state index contributed by atoms with van der Waals surface area (Å²) in [5.41, 5.74) is 5.69. The van der Waals surface area contributed by atoms with Crippen LogP contribution >= 0.6 is 6.72 Å². The van der Waals surface area contributed by atoms with Crippen LogP contribution in [0.3, 0.4) is 0 Å². The molecule has 3 heterocycles. The van der Waals surface area contributed by atoms with Crippen molar-refractivity contribution < 1.29 is 18.7 Å². The Balaban J connectivity index is 1.91. The molecule has 1 fully saturated rings. The molecule has 0 spiro atoms. The average Bonchev–Trinajstić information content (AvgIpc) is 3.10. The van der Waals surface area contributed by atoms with E-state index in [2.05, 4.69) is 15.0 Å². The van der Waals surface area contributed by atoms with Crippen molar-refractivity contribution >= 4 is 35.6 Å². The summed E-state index contributed by atoms with van der Waals surface area (Å²) in [5.74, 6) is -0.00247. The Hall–Kier alpha value is -1.36. The SMILES string of the molecule is CC[C@H]1O[C@H](n2cnc3c(=O)[nH]c(N)nc32)C[C@H]1OP(O)(=S)OC. The van der Waals surface area contributed by atoms with Crippen LogP contribution in [0.5, 0.6) is 0 Å². The summed E-state index contributed by atoms with van der Waals surface area (Å²) in [6, 6.07) is 0. The van der Waals surface area contributed by atoms with Crippen LogP contribution in [0.1, 0.15) is 26.0 Å². The van der Waals surface area contributed by atoms with E-state index in [4.69, 9.17) is 31.3 Å². The van der Waals surface area contributed by atoms with Crippen LogP contribution in [0.2, 0.25) is 0 Å². The number of ether oxygens (including phenoxy) is 1. The van der Waals surface area contributed by atoms with Crippen molar-refractivity contribution in [2.45, 2.75) is 38.2 Å². The van der Waals surface area contributed by atoms with Crippen molar-refractivity contribution in [1.82, 2.24) is 19.5 Å². The molecule has 1 unspecified atom stereocenters. The Morgan fingerprint density at radius 2 is 2.42 bits per heavy atom. The zero-order valence-electron chi connectivity index (χ0n) is 13.1. The van der Waals surface area contributed by atoms with Gasteiger partial charge in [0, 0.05) is 13.5 Å². The number of H-pyrrole nitrogens is 1. The van der Waals surface area contributed by atoms with E-state index in [-0.39, 0.29) is 17.6 Å². The van der Waals surface area contributed by atoms with Gasteiger partial charge >= 0.3 is 6.72 Å². The molecule has 4 atom stereocenters. The maximum absolute atomic E-state index is 11.9. The van der Waals surface area contributed by atoms with Crippen LogP contribution in [-0.4, -0.2) is 43.7 Å². The van der Waals surface area contributed by atoms with Gasteiger partial charge in [-0.1, -0.05) is 6.92 Å². The summed E-state index contributed by atoms with van der Waals surface area (Å²) < 4.78 is 17.9. The first-order valence-electron chi connectivity index (χ1n) is 7.29.